The van der Waals surface area contributed by atoms with E-state index in [2.05, 4.69) is 97.4 Å². The molecule has 0 spiro atoms. The van der Waals surface area contributed by atoms with Gasteiger partial charge in [-0.05, 0) is 80.6 Å². The van der Waals surface area contributed by atoms with E-state index in [9.17, 15) is 0 Å². The first-order valence-corrected chi connectivity index (χ1v) is 12.8. The lowest BCUT2D eigenvalue weighted by Gasteiger charge is -2.42. The Morgan fingerprint density at radius 1 is 1.00 bits per heavy atom. The number of rotatable bonds is 10. The Balaban J connectivity index is 1.37. The summed E-state index contributed by atoms with van der Waals surface area (Å²) in [6.07, 6.45) is 7.55. The summed E-state index contributed by atoms with van der Waals surface area (Å²) in [6, 6.07) is 25.9. The molecular formula is C31H39N3. The molecule has 0 amide bonds. The Labute approximate surface area is 205 Å². The summed E-state index contributed by atoms with van der Waals surface area (Å²) in [7, 11) is 0. The van der Waals surface area contributed by atoms with Crippen molar-refractivity contribution in [2.75, 3.05) is 19.6 Å². The van der Waals surface area contributed by atoms with Gasteiger partial charge < -0.3 is 10.2 Å². The van der Waals surface area contributed by atoms with E-state index >= 15 is 0 Å². The van der Waals surface area contributed by atoms with Crippen LogP contribution < -0.4 is 5.32 Å². The van der Waals surface area contributed by atoms with Gasteiger partial charge in [0.05, 0.1) is 11.7 Å². The molecule has 1 atom stereocenters. The number of hydrogen-bond acceptors (Lipinski definition) is 3. The maximum atomic E-state index is 4.69. The molecule has 1 unspecified atom stereocenters. The first-order valence-electron chi connectivity index (χ1n) is 12.8. The third kappa shape index (κ3) is 6.15. The zero-order chi connectivity index (χ0) is 23.8. The standard InChI is InChI=1S/C31H39N3/c1-4-26-14-10-16-28(24-26)30(29-17-8-9-20-32-29)33-25(2)31(3)18-22-34(23-19-31)21-11-15-27-12-6-5-7-13-27/h5-10,12-14,16-17,20,24,30,33H,2,4,11,15,18-19,21-23H2,1,3H3. The van der Waals surface area contributed by atoms with Crippen LogP contribution in [0.2, 0.25) is 0 Å². The third-order valence-electron chi connectivity index (χ3n) is 7.47. The van der Waals surface area contributed by atoms with E-state index in [-0.39, 0.29) is 11.5 Å². The second-order valence-electron chi connectivity index (χ2n) is 9.90. The number of pyridine rings is 1. The van der Waals surface area contributed by atoms with E-state index in [1.54, 1.807) is 0 Å². The van der Waals surface area contributed by atoms with Gasteiger partial charge in [-0.15, -0.1) is 0 Å². The number of likely N-dealkylation sites (tertiary alicyclic amines) is 1. The minimum atomic E-state index is 0.0147. The maximum Gasteiger partial charge on any atom is 0.0937 e. The fourth-order valence-electron chi connectivity index (χ4n) is 4.94. The quantitative estimate of drug-likeness (QED) is 0.376. The number of benzene rings is 2. The molecule has 1 aliphatic heterocycles. The highest BCUT2D eigenvalue weighted by molar-refractivity contribution is 5.33. The van der Waals surface area contributed by atoms with Crippen LogP contribution in [0.5, 0.6) is 0 Å². The van der Waals surface area contributed by atoms with Crippen LogP contribution in [0.3, 0.4) is 0 Å². The van der Waals surface area contributed by atoms with Crippen molar-refractivity contribution in [3.05, 3.63) is 114 Å². The van der Waals surface area contributed by atoms with E-state index in [1.807, 2.05) is 12.3 Å². The van der Waals surface area contributed by atoms with Crippen LogP contribution in [0, 0.1) is 5.41 Å². The first kappa shape index (κ1) is 24.2. The third-order valence-corrected chi connectivity index (χ3v) is 7.47. The number of nitrogens with one attached hydrogen (secondary N) is 1. The molecule has 0 saturated carbocycles. The van der Waals surface area contributed by atoms with Gasteiger partial charge >= 0.3 is 0 Å². The summed E-state index contributed by atoms with van der Waals surface area (Å²) in [4.78, 5) is 7.31. The minimum absolute atomic E-state index is 0.0147. The molecule has 2 aromatic carbocycles. The van der Waals surface area contributed by atoms with Crippen LogP contribution in [0.4, 0.5) is 0 Å². The van der Waals surface area contributed by atoms with Crippen LogP contribution in [0.15, 0.2) is 91.3 Å². The smallest absolute Gasteiger partial charge is 0.0937 e. The Morgan fingerprint density at radius 3 is 2.44 bits per heavy atom. The normalized spacial score (nSPS) is 16.6. The zero-order valence-corrected chi connectivity index (χ0v) is 20.8. The molecule has 1 N–H and O–H groups in total. The van der Waals surface area contributed by atoms with Crippen LogP contribution in [-0.4, -0.2) is 29.5 Å². The topological polar surface area (TPSA) is 28.2 Å². The van der Waals surface area contributed by atoms with Gasteiger partial charge in [0.15, 0.2) is 0 Å². The number of piperidine rings is 1. The molecule has 178 valence electrons. The van der Waals surface area contributed by atoms with Crippen molar-refractivity contribution in [1.29, 1.82) is 0 Å². The molecule has 3 heteroatoms. The second kappa shape index (κ2) is 11.5. The van der Waals surface area contributed by atoms with Crippen LogP contribution >= 0.6 is 0 Å². The molecule has 3 nitrogen and oxygen atoms in total. The molecule has 2 heterocycles. The Hall–Kier alpha value is -2.91. The highest BCUT2D eigenvalue weighted by Crippen LogP contribution is 2.38. The van der Waals surface area contributed by atoms with E-state index in [4.69, 9.17) is 4.98 Å². The summed E-state index contributed by atoms with van der Waals surface area (Å²) in [5, 5.41) is 3.82. The van der Waals surface area contributed by atoms with Crippen LogP contribution in [0.1, 0.15) is 61.5 Å². The van der Waals surface area contributed by atoms with Gasteiger partial charge in [0.1, 0.15) is 0 Å². The zero-order valence-electron chi connectivity index (χ0n) is 20.8. The molecule has 1 aromatic heterocycles. The lowest BCUT2D eigenvalue weighted by atomic mass is 9.77. The Morgan fingerprint density at radius 2 is 1.74 bits per heavy atom. The van der Waals surface area contributed by atoms with Gasteiger partial charge in [-0.3, -0.25) is 4.98 Å². The van der Waals surface area contributed by atoms with Gasteiger partial charge in [0.2, 0.25) is 0 Å². The van der Waals surface area contributed by atoms with E-state index in [0.717, 1.165) is 50.2 Å². The van der Waals surface area contributed by atoms with Crippen molar-refractivity contribution in [3.63, 3.8) is 0 Å². The Kier molecular flexibility index (Phi) is 8.18. The monoisotopic (exact) mass is 453 g/mol. The van der Waals surface area contributed by atoms with Crippen molar-refractivity contribution in [2.24, 2.45) is 5.41 Å². The number of hydrogen-bond donors (Lipinski definition) is 1. The molecule has 1 aliphatic rings. The van der Waals surface area contributed by atoms with Gasteiger partial charge in [-0.2, -0.15) is 0 Å². The molecule has 34 heavy (non-hydrogen) atoms. The average molecular weight is 454 g/mol. The van der Waals surface area contributed by atoms with Crippen molar-refractivity contribution in [1.82, 2.24) is 15.2 Å². The molecule has 1 fully saturated rings. The van der Waals surface area contributed by atoms with E-state index < -0.39 is 0 Å². The average Bonchev–Trinajstić information content (AvgIpc) is 2.89. The number of nitrogens with zero attached hydrogens (tertiary/aromatic N) is 2. The van der Waals surface area contributed by atoms with Crippen molar-refractivity contribution >= 4 is 0 Å². The van der Waals surface area contributed by atoms with Gasteiger partial charge in [0.25, 0.3) is 0 Å². The maximum absolute atomic E-state index is 4.69. The summed E-state index contributed by atoms with van der Waals surface area (Å²) in [5.74, 6) is 0. The Bertz CT molecular complexity index is 1040. The molecular weight excluding hydrogens is 414 g/mol. The van der Waals surface area contributed by atoms with Gasteiger partial charge in [-0.1, -0.05) is 81.1 Å². The van der Waals surface area contributed by atoms with Crippen molar-refractivity contribution in [3.8, 4) is 0 Å². The summed E-state index contributed by atoms with van der Waals surface area (Å²) in [6.45, 7) is 12.6. The van der Waals surface area contributed by atoms with Gasteiger partial charge in [0, 0.05) is 17.3 Å². The molecule has 0 radical (unpaired) electrons. The largest absolute Gasteiger partial charge is 0.376 e. The first-order chi connectivity index (χ1) is 16.6. The van der Waals surface area contributed by atoms with Gasteiger partial charge in [-0.25, -0.2) is 0 Å². The predicted octanol–water partition coefficient (Wildman–Crippen LogP) is 6.57. The highest BCUT2D eigenvalue weighted by atomic mass is 15.1. The predicted molar refractivity (Wildman–Crippen MR) is 143 cm³/mol. The molecule has 1 saturated heterocycles. The number of allylic oxidation sites excluding steroid dienone is 1. The van der Waals surface area contributed by atoms with E-state index in [1.165, 1.54) is 29.7 Å². The molecule has 3 aromatic rings. The van der Waals surface area contributed by atoms with Crippen molar-refractivity contribution < 1.29 is 0 Å². The van der Waals surface area contributed by atoms with Crippen LogP contribution in [-0.2, 0) is 12.8 Å². The minimum Gasteiger partial charge on any atom is -0.376 e. The molecule has 0 aliphatic carbocycles. The van der Waals surface area contributed by atoms with E-state index in [0.29, 0.717) is 0 Å². The fraction of sp³-hybridized carbons (Fsp3) is 0.387. The van der Waals surface area contributed by atoms with Crippen LogP contribution in [0.25, 0.3) is 0 Å². The fourth-order valence-corrected chi connectivity index (χ4v) is 4.94. The second-order valence-corrected chi connectivity index (χ2v) is 9.90. The SMILES string of the molecule is C=C(NC(c1cccc(CC)c1)c1ccccn1)C1(C)CCN(CCCc2ccccc2)CC1. The molecule has 4 rings (SSSR count). The number of aryl methyl sites for hydroxylation is 2. The molecule has 0 bridgehead atoms. The summed E-state index contributed by atoms with van der Waals surface area (Å²) < 4.78 is 0. The lowest BCUT2D eigenvalue weighted by Crippen LogP contribution is -2.43. The lowest BCUT2D eigenvalue weighted by molar-refractivity contribution is 0.137. The summed E-state index contributed by atoms with van der Waals surface area (Å²) >= 11 is 0. The highest BCUT2D eigenvalue weighted by Gasteiger charge is 2.34. The van der Waals surface area contributed by atoms with Crippen molar-refractivity contribution in [2.45, 2.75) is 52.0 Å². The number of aromatic nitrogens is 1. The summed E-state index contributed by atoms with van der Waals surface area (Å²) in [5.41, 5.74) is 6.30.